The summed E-state index contributed by atoms with van der Waals surface area (Å²) in [5, 5.41) is 4.93. The third kappa shape index (κ3) is 3.80. The van der Waals surface area contributed by atoms with E-state index in [1.807, 2.05) is 43.3 Å². The van der Waals surface area contributed by atoms with E-state index in [0.29, 0.717) is 0 Å². The number of hydrogen-bond donors (Lipinski definition) is 0. The smallest absolute Gasteiger partial charge is 0.158 e. The van der Waals surface area contributed by atoms with Crippen LogP contribution in [-0.2, 0) is 11.2 Å². The number of fused-ring (bicyclic) bond motifs is 7. The number of aryl methyl sites for hydroxylation is 2. The van der Waals surface area contributed by atoms with Crippen LogP contribution in [0, 0.1) is 13.8 Å². The SMILES string of the molecule is Cc1ccc([S+]([O-])c2ccc(-n3c4ccccc4c4c3ccc3c5ccccc5n(-c5cccc(C)c5)c34)cc2)cc1. The zero-order valence-electron chi connectivity index (χ0n) is 23.4. The van der Waals surface area contributed by atoms with Crippen LogP contribution in [0.4, 0.5) is 0 Å². The summed E-state index contributed by atoms with van der Waals surface area (Å²) in [4.78, 5) is 1.61. The minimum Gasteiger partial charge on any atom is -0.606 e. The lowest BCUT2D eigenvalue weighted by molar-refractivity contribution is 0.595. The Labute approximate surface area is 247 Å². The van der Waals surface area contributed by atoms with Crippen LogP contribution in [-0.4, -0.2) is 13.7 Å². The van der Waals surface area contributed by atoms with Crippen LogP contribution in [0.2, 0.25) is 0 Å². The average molecular weight is 561 g/mol. The molecular formula is C38H28N2OS. The quantitative estimate of drug-likeness (QED) is 0.197. The van der Waals surface area contributed by atoms with Crippen molar-refractivity contribution in [1.82, 2.24) is 9.13 Å². The van der Waals surface area contributed by atoms with Gasteiger partial charge in [0.2, 0.25) is 0 Å². The van der Waals surface area contributed by atoms with Gasteiger partial charge in [-0.15, -0.1) is 0 Å². The molecule has 6 aromatic carbocycles. The third-order valence-corrected chi connectivity index (χ3v) is 9.67. The lowest BCUT2D eigenvalue weighted by Gasteiger charge is -2.12. The second kappa shape index (κ2) is 9.66. The molecule has 0 bridgehead atoms. The van der Waals surface area contributed by atoms with Crippen LogP contribution in [0.25, 0.3) is 55.0 Å². The summed E-state index contributed by atoms with van der Waals surface area (Å²) in [6.45, 7) is 4.19. The van der Waals surface area contributed by atoms with E-state index in [0.717, 1.165) is 37.8 Å². The molecule has 4 heteroatoms. The maximum Gasteiger partial charge on any atom is 0.158 e. The first-order chi connectivity index (χ1) is 20.6. The maximum atomic E-state index is 13.3. The molecule has 0 saturated heterocycles. The molecule has 42 heavy (non-hydrogen) atoms. The Morgan fingerprint density at radius 1 is 0.476 bits per heavy atom. The van der Waals surface area contributed by atoms with Crippen LogP contribution < -0.4 is 0 Å². The fraction of sp³-hybridized carbons (Fsp3) is 0.0526. The first kappa shape index (κ1) is 25.0. The second-order valence-electron chi connectivity index (χ2n) is 11.0. The van der Waals surface area contributed by atoms with Crippen LogP contribution in [0.3, 0.4) is 0 Å². The molecule has 0 saturated carbocycles. The zero-order valence-corrected chi connectivity index (χ0v) is 24.2. The first-order valence-electron chi connectivity index (χ1n) is 14.2. The molecular weight excluding hydrogens is 532 g/mol. The Kier molecular flexibility index (Phi) is 5.74. The van der Waals surface area contributed by atoms with Crippen molar-refractivity contribution >= 4 is 54.8 Å². The van der Waals surface area contributed by atoms with Crippen molar-refractivity contribution in [2.24, 2.45) is 0 Å². The van der Waals surface area contributed by atoms with Gasteiger partial charge in [-0.3, -0.25) is 0 Å². The summed E-state index contributed by atoms with van der Waals surface area (Å²) in [7, 11) is 0. The number of aromatic nitrogens is 2. The summed E-state index contributed by atoms with van der Waals surface area (Å²) >= 11 is -1.23. The molecule has 0 aliphatic carbocycles. The molecule has 0 aliphatic rings. The highest BCUT2D eigenvalue weighted by molar-refractivity contribution is 7.91. The van der Waals surface area contributed by atoms with Gasteiger partial charge in [-0.05, 0) is 86.1 Å². The highest BCUT2D eigenvalue weighted by Crippen LogP contribution is 2.42. The van der Waals surface area contributed by atoms with Crippen LogP contribution in [0.5, 0.6) is 0 Å². The predicted octanol–water partition coefficient (Wildman–Crippen LogP) is 9.66. The van der Waals surface area contributed by atoms with Crippen LogP contribution in [0.15, 0.2) is 143 Å². The molecule has 0 spiro atoms. The van der Waals surface area contributed by atoms with Crippen molar-refractivity contribution in [3.8, 4) is 11.4 Å². The van der Waals surface area contributed by atoms with Crippen molar-refractivity contribution < 1.29 is 4.55 Å². The topological polar surface area (TPSA) is 32.9 Å². The molecule has 8 rings (SSSR count). The minimum absolute atomic E-state index is 0.797. The van der Waals surface area contributed by atoms with Crippen molar-refractivity contribution in [3.05, 3.63) is 145 Å². The Morgan fingerprint density at radius 2 is 1.12 bits per heavy atom. The fourth-order valence-electron chi connectivity index (χ4n) is 6.34. The van der Waals surface area contributed by atoms with E-state index in [2.05, 4.69) is 113 Å². The monoisotopic (exact) mass is 560 g/mol. The Balaban J connectivity index is 1.39. The molecule has 202 valence electrons. The number of nitrogens with zero attached hydrogens (tertiary/aromatic N) is 2. The molecule has 3 nitrogen and oxygen atoms in total. The van der Waals surface area contributed by atoms with E-state index in [4.69, 9.17) is 0 Å². The average Bonchev–Trinajstić information content (AvgIpc) is 3.54. The van der Waals surface area contributed by atoms with Gasteiger partial charge in [0.1, 0.15) is 0 Å². The van der Waals surface area contributed by atoms with E-state index in [-0.39, 0.29) is 0 Å². The van der Waals surface area contributed by atoms with Gasteiger partial charge < -0.3 is 13.7 Å². The largest absolute Gasteiger partial charge is 0.606 e. The van der Waals surface area contributed by atoms with Crippen molar-refractivity contribution in [2.75, 3.05) is 0 Å². The molecule has 0 radical (unpaired) electrons. The van der Waals surface area contributed by atoms with Crippen molar-refractivity contribution in [2.45, 2.75) is 23.6 Å². The molecule has 8 aromatic rings. The predicted molar refractivity (Wildman–Crippen MR) is 176 cm³/mol. The minimum atomic E-state index is -1.23. The van der Waals surface area contributed by atoms with Crippen LogP contribution >= 0.6 is 0 Å². The van der Waals surface area contributed by atoms with Gasteiger partial charge in [-0.25, -0.2) is 0 Å². The van der Waals surface area contributed by atoms with Gasteiger partial charge in [-0.1, -0.05) is 72.3 Å². The maximum absolute atomic E-state index is 13.3. The molecule has 0 amide bonds. The Hall–Kier alpha value is -4.77. The van der Waals surface area contributed by atoms with Gasteiger partial charge >= 0.3 is 0 Å². The second-order valence-corrected chi connectivity index (χ2v) is 12.5. The van der Waals surface area contributed by atoms with Crippen molar-refractivity contribution in [3.63, 3.8) is 0 Å². The van der Waals surface area contributed by atoms with E-state index in [1.165, 1.54) is 38.1 Å². The number of rotatable bonds is 4. The van der Waals surface area contributed by atoms with E-state index < -0.39 is 11.2 Å². The van der Waals surface area contributed by atoms with Crippen molar-refractivity contribution in [1.29, 1.82) is 0 Å². The fourth-order valence-corrected chi connectivity index (χ4v) is 7.38. The first-order valence-corrected chi connectivity index (χ1v) is 15.3. The normalized spacial score (nSPS) is 12.5. The molecule has 2 aromatic heterocycles. The van der Waals surface area contributed by atoms with E-state index >= 15 is 0 Å². The lowest BCUT2D eigenvalue weighted by Crippen LogP contribution is -2.02. The molecule has 1 atom stereocenters. The Morgan fingerprint density at radius 3 is 1.83 bits per heavy atom. The molecule has 0 aliphatic heterocycles. The van der Waals surface area contributed by atoms with E-state index in [1.54, 1.807) is 0 Å². The number of benzene rings is 6. The van der Waals surface area contributed by atoms with Crippen LogP contribution in [0.1, 0.15) is 11.1 Å². The molecule has 2 heterocycles. The standard InChI is InChI=1S/C38H28N2OS/c1-25-14-18-29(19-15-25)42(41)30-20-16-27(17-21-30)39-35-13-6-4-11-33(35)37-36(39)23-22-32-31-10-3-5-12-34(31)40(38(32)37)28-9-7-8-26(2)24-28/h3-24H,1-2H3. The number of para-hydroxylation sites is 2. The summed E-state index contributed by atoms with van der Waals surface area (Å²) in [5.74, 6) is 0. The molecule has 0 N–H and O–H groups in total. The van der Waals surface area contributed by atoms with Gasteiger partial charge in [0.05, 0.1) is 22.1 Å². The highest BCUT2D eigenvalue weighted by atomic mass is 32.2. The van der Waals surface area contributed by atoms with Gasteiger partial charge in [-0.2, -0.15) is 0 Å². The Bertz CT molecular complexity index is 2270. The summed E-state index contributed by atoms with van der Waals surface area (Å²) in [6, 6.07) is 46.7. The molecule has 0 fully saturated rings. The zero-order chi connectivity index (χ0) is 28.4. The highest BCUT2D eigenvalue weighted by Gasteiger charge is 2.21. The van der Waals surface area contributed by atoms with Gasteiger partial charge in [0.15, 0.2) is 9.79 Å². The lowest BCUT2D eigenvalue weighted by atomic mass is 10.1. The molecule has 1 unspecified atom stereocenters. The summed E-state index contributed by atoms with van der Waals surface area (Å²) in [5.41, 5.74) is 9.30. The third-order valence-electron chi connectivity index (χ3n) is 8.27. The summed E-state index contributed by atoms with van der Waals surface area (Å²) in [6.07, 6.45) is 0. The van der Waals surface area contributed by atoms with E-state index in [9.17, 15) is 4.55 Å². The summed E-state index contributed by atoms with van der Waals surface area (Å²) < 4.78 is 18.1. The van der Waals surface area contributed by atoms with Gasteiger partial charge in [0.25, 0.3) is 0 Å². The van der Waals surface area contributed by atoms with Gasteiger partial charge in [0, 0.05) is 44.1 Å². The number of hydrogen-bond acceptors (Lipinski definition) is 1.